The van der Waals surface area contributed by atoms with Gasteiger partial charge in [0, 0.05) is 18.5 Å². The highest BCUT2D eigenvalue weighted by Gasteiger charge is 2.06. The number of amides is 1. The standard InChI is InChI=1S/C9H7FN4O/c10-8-5-6(1-3-12-8)14-4-2-7(13-14)9(11)15/h1-5H,(H2,11,15). The maximum atomic E-state index is 12.8. The summed E-state index contributed by atoms with van der Waals surface area (Å²) in [6.45, 7) is 0. The van der Waals surface area contributed by atoms with Crippen molar-refractivity contribution in [3.05, 3.63) is 42.2 Å². The second kappa shape index (κ2) is 3.49. The third kappa shape index (κ3) is 1.83. The van der Waals surface area contributed by atoms with Crippen LogP contribution in [-0.4, -0.2) is 20.7 Å². The first-order valence-corrected chi connectivity index (χ1v) is 4.14. The van der Waals surface area contributed by atoms with Crippen LogP contribution in [-0.2, 0) is 0 Å². The van der Waals surface area contributed by atoms with Gasteiger partial charge in [0.2, 0.25) is 5.95 Å². The lowest BCUT2D eigenvalue weighted by Crippen LogP contribution is -2.12. The van der Waals surface area contributed by atoms with E-state index in [1.807, 2.05) is 0 Å². The molecule has 0 aromatic carbocycles. The predicted molar refractivity (Wildman–Crippen MR) is 49.8 cm³/mol. The van der Waals surface area contributed by atoms with Gasteiger partial charge in [0.1, 0.15) is 5.69 Å². The Morgan fingerprint density at radius 2 is 2.27 bits per heavy atom. The fourth-order valence-electron chi connectivity index (χ4n) is 1.13. The summed E-state index contributed by atoms with van der Waals surface area (Å²) in [6, 6.07) is 4.24. The molecular weight excluding hydrogens is 199 g/mol. The summed E-state index contributed by atoms with van der Waals surface area (Å²) in [5.41, 5.74) is 5.65. The number of halogens is 1. The molecule has 0 saturated heterocycles. The van der Waals surface area contributed by atoms with E-state index in [2.05, 4.69) is 10.1 Å². The highest BCUT2D eigenvalue weighted by molar-refractivity contribution is 5.90. The van der Waals surface area contributed by atoms with Gasteiger partial charge in [-0.15, -0.1) is 0 Å². The van der Waals surface area contributed by atoms with Crippen LogP contribution in [0, 0.1) is 5.95 Å². The zero-order valence-corrected chi connectivity index (χ0v) is 7.59. The highest BCUT2D eigenvalue weighted by Crippen LogP contribution is 2.07. The Morgan fingerprint density at radius 3 is 2.87 bits per heavy atom. The molecule has 6 heteroatoms. The number of hydrogen-bond donors (Lipinski definition) is 1. The van der Waals surface area contributed by atoms with E-state index in [0.717, 1.165) is 0 Å². The third-order valence-electron chi connectivity index (χ3n) is 1.82. The molecule has 0 bridgehead atoms. The van der Waals surface area contributed by atoms with Crippen LogP contribution in [0.15, 0.2) is 30.6 Å². The molecule has 0 fully saturated rings. The van der Waals surface area contributed by atoms with E-state index in [9.17, 15) is 9.18 Å². The zero-order chi connectivity index (χ0) is 10.8. The van der Waals surface area contributed by atoms with Crippen molar-refractivity contribution in [2.75, 3.05) is 0 Å². The number of pyridine rings is 1. The molecule has 2 rings (SSSR count). The monoisotopic (exact) mass is 206 g/mol. The molecule has 0 unspecified atom stereocenters. The summed E-state index contributed by atoms with van der Waals surface area (Å²) in [5, 5.41) is 3.87. The smallest absolute Gasteiger partial charge is 0.269 e. The molecule has 2 aromatic heterocycles. The van der Waals surface area contributed by atoms with Gasteiger partial charge >= 0.3 is 0 Å². The van der Waals surface area contributed by atoms with Gasteiger partial charge in [-0.25, -0.2) is 9.67 Å². The van der Waals surface area contributed by atoms with Gasteiger partial charge in [-0.2, -0.15) is 9.49 Å². The Bertz CT molecular complexity index is 508. The van der Waals surface area contributed by atoms with E-state index in [4.69, 9.17) is 5.73 Å². The first kappa shape index (κ1) is 9.32. The maximum Gasteiger partial charge on any atom is 0.269 e. The van der Waals surface area contributed by atoms with E-state index in [-0.39, 0.29) is 5.69 Å². The second-order valence-electron chi connectivity index (χ2n) is 2.85. The quantitative estimate of drug-likeness (QED) is 0.727. The summed E-state index contributed by atoms with van der Waals surface area (Å²) >= 11 is 0. The van der Waals surface area contributed by atoms with Crippen LogP contribution in [0.5, 0.6) is 0 Å². The van der Waals surface area contributed by atoms with Crippen molar-refractivity contribution in [3.63, 3.8) is 0 Å². The topological polar surface area (TPSA) is 73.8 Å². The highest BCUT2D eigenvalue weighted by atomic mass is 19.1. The fraction of sp³-hybridized carbons (Fsp3) is 0. The third-order valence-corrected chi connectivity index (χ3v) is 1.82. The van der Waals surface area contributed by atoms with Gasteiger partial charge in [-0.05, 0) is 12.1 Å². The molecule has 0 saturated carbocycles. The van der Waals surface area contributed by atoms with Crippen molar-refractivity contribution in [3.8, 4) is 5.69 Å². The molecule has 0 radical (unpaired) electrons. The molecular formula is C9H7FN4O. The SMILES string of the molecule is NC(=O)c1ccn(-c2ccnc(F)c2)n1. The normalized spacial score (nSPS) is 10.2. The molecule has 2 aromatic rings. The van der Waals surface area contributed by atoms with Crippen LogP contribution in [0.2, 0.25) is 0 Å². The Labute approximate surface area is 84.3 Å². The molecule has 0 aliphatic rings. The largest absolute Gasteiger partial charge is 0.364 e. The number of carbonyl (C=O) groups excluding carboxylic acids is 1. The van der Waals surface area contributed by atoms with E-state index in [0.29, 0.717) is 5.69 Å². The minimum Gasteiger partial charge on any atom is -0.364 e. The summed E-state index contributed by atoms with van der Waals surface area (Å²) in [4.78, 5) is 14.2. The lowest BCUT2D eigenvalue weighted by molar-refractivity contribution is 0.0995. The Hall–Kier alpha value is -2.24. The minimum atomic E-state index is -0.622. The molecule has 15 heavy (non-hydrogen) atoms. The fourth-order valence-corrected chi connectivity index (χ4v) is 1.13. The summed E-state index contributed by atoms with van der Waals surface area (Å²) in [5.74, 6) is -1.23. The van der Waals surface area contributed by atoms with Gasteiger partial charge in [-0.1, -0.05) is 0 Å². The van der Waals surface area contributed by atoms with Crippen LogP contribution in [0.3, 0.4) is 0 Å². The number of rotatable bonds is 2. The van der Waals surface area contributed by atoms with Crippen molar-refractivity contribution in [1.82, 2.24) is 14.8 Å². The van der Waals surface area contributed by atoms with E-state index in [1.165, 1.54) is 29.2 Å². The van der Waals surface area contributed by atoms with Crippen molar-refractivity contribution < 1.29 is 9.18 Å². The number of hydrogen-bond acceptors (Lipinski definition) is 3. The first-order chi connectivity index (χ1) is 7.16. The molecule has 0 spiro atoms. The van der Waals surface area contributed by atoms with Crippen LogP contribution in [0.4, 0.5) is 4.39 Å². The summed E-state index contributed by atoms with van der Waals surface area (Å²) in [6.07, 6.45) is 2.84. The molecule has 76 valence electrons. The van der Waals surface area contributed by atoms with Crippen LogP contribution in [0.1, 0.15) is 10.5 Å². The second-order valence-corrected chi connectivity index (χ2v) is 2.85. The van der Waals surface area contributed by atoms with Crippen LogP contribution >= 0.6 is 0 Å². The van der Waals surface area contributed by atoms with Gasteiger partial charge in [-0.3, -0.25) is 4.79 Å². The molecule has 2 heterocycles. The maximum absolute atomic E-state index is 12.8. The van der Waals surface area contributed by atoms with Gasteiger partial charge in [0.05, 0.1) is 5.69 Å². The number of nitrogens with two attached hydrogens (primary N) is 1. The molecule has 2 N–H and O–H groups in total. The Kier molecular flexibility index (Phi) is 2.17. The lowest BCUT2D eigenvalue weighted by Gasteiger charge is -1.99. The molecule has 0 atom stereocenters. The molecule has 0 aliphatic heterocycles. The molecule has 1 amide bonds. The van der Waals surface area contributed by atoms with Gasteiger partial charge in [0.25, 0.3) is 5.91 Å². The van der Waals surface area contributed by atoms with E-state index in [1.54, 1.807) is 6.07 Å². The first-order valence-electron chi connectivity index (χ1n) is 4.14. The van der Waals surface area contributed by atoms with E-state index >= 15 is 0 Å². The molecule has 0 aliphatic carbocycles. The van der Waals surface area contributed by atoms with Gasteiger partial charge < -0.3 is 5.73 Å². The Balaban J connectivity index is 2.41. The van der Waals surface area contributed by atoms with Crippen molar-refractivity contribution in [2.24, 2.45) is 5.73 Å². The van der Waals surface area contributed by atoms with Crippen molar-refractivity contribution in [1.29, 1.82) is 0 Å². The average Bonchev–Trinajstić information content (AvgIpc) is 2.66. The van der Waals surface area contributed by atoms with Gasteiger partial charge in [0.15, 0.2) is 0 Å². The lowest BCUT2D eigenvalue weighted by atomic mass is 10.4. The number of aromatic nitrogens is 3. The molecule has 5 nitrogen and oxygen atoms in total. The minimum absolute atomic E-state index is 0.132. The van der Waals surface area contributed by atoms with Crippen molar-refractivity contribution >= 4 is 5.91 Å². The van der Waals surface area contributed by atoms with Crippen LogP contribution in [0.25, 0.3) is 5.69 Å². The number of nitrogens with zero attached hydrogens (tertiary/aromatic N) is 3. The number of primary amides is 1. The summed E-state index contributed by atoms with van der Waals surface area (Å²) < 4.78 is 14.1. The average molecular weight is 206 g/mol. The van der Waals surface area contributed by atoms with E-state index < -0.39 is 11.9 Å². The zero-order valence-electron chi connectivity index (χ0n) is 7.59. The summed E-state index contributed by atoms with van der Waals surface area (Å²) in [7, 11) is 0. The Morgan fingerprint density at radius 1 is 1.47 bits per heavy atom. The van der Waals surface area contributed by atoms with Crippen molar-refractivity contribution in [2.45, 2.75) is 0 Å². The predicted octanol–water partition coefficient (Wildman–Crippen LogP) is 0.505. The van der Waals surface area contributed by atoms with Crippen LogP contribution < -0.4 is 5.73 Å². The number of carbonyl (C=O) groups is 1.